The molecule has 0 saturated heterocycles. The number of amides is 1. The molecule has 22 heavy (non-hydrogen) atoms. The number of ether oxygens (including phenoxy) is 1. The molecular formula is C13H13N3O6. The van der Waals surface area contributed by atoms with Crippen molar-refractivity contribution in [3.05, 3.63) is 51.4 Å². The van der Waals surface area contributed by atoms with Crippen LogP contribution < -0.4 is 5.73 Å². The van der Waals surface area contributed by atoms with Crippen molar-refractivity contribution in [2.24, 2.45) is 5.73 Å². The third-order valence-corrected chi connectivity index (χ3v) is 3.11. The molecule has 1 heterocycles. The Morgan fingerprint density at radius 2 is 1.95 bits per heavy atom. The van der Waals surface area contributed by atoms with E-state index in [0.717, 1.165) is 5.06 Å². The van der Waals surface area contributed by atoms with Crippen molar-refractivity contribution in [2.45, 2.75) is 13.0 Å². The quantitative estimate of drug-likeness (QED) is 0.496. The lowest BCUT2D eigenvalue weighted by Crippen LogP contribution is -2.30. The number of non-ortho nitro benzene ring substituents is 1. The number of carbonyl (C=O) groups is 2. The molecule has 0 fully saturated rings. The molecule has 0 spiro atoms. The summed E-state index contributed by atoms with van der Waals surface area (Å²) >= 11 is 0. The van der Waals surface area contributed by atoms with Crippen LogP contribution in [0.4, 0.5) is 5.69 Å². The monoisotopic (exact) mass is 307 g/mol. The molecule has 0 bridgehead atoms. The van der Waals surface area contributed by atoms with Crippen molar-refractivity contribution in [3.8, 4) is 0 Å². The Hall–Kier alpha value is -3.10. The van der Waals surface area contributed by atoms with Crippen LogP contribution in [-0.2, 0) is 19.2 Å². The minimum absolute atomic E-state index is 0.0356. The predicted molar refractivity (Wildman–Crippen MR) is 72.7 cm³/mol. The maximum Gasteiger partial charge on any atom is 0.341 e. The van der Waals surface area contributed by atoms with Crippen molar-refractivity contribution < 1.29 is 24.1 Å². The molecule has 9 heteroatoms. The predicted octanol–water partition coefficient (Wildman–Crippen LogP) is 0.773. The van der Waals surface area contributed by atoms with Gasteiger partial charge in [-0.15, -0.1) is 0 Å². The zero-order valence-corrected chi connectivity index (χ0v) is 11.8. The highest BCUT2D eigenvalue weighted by atomic mass is 16.7. The molecule has 116 valence electrons. The number of nitrogens with two attached hydrogens (primary N) is 1. The normalized spacial score (nSPS) is 17.2. The fraction of sp³-hybridized carbons (Fsp3) is 0.231. The standard InChI is InChI=1S/C13H13N3O6/c1-7(17)15-11(10(12(14)22-15)13(18)21-2)8-3-5-9(6-4-8)16(19)20/h3-6,11H,14H2,1-2H3. The first kappa shape index (κ1) is 15.3. The van der Waals surface area contributed by atoms with E-state index in [9.17, 15) is 19.7 Å². The molecule has 1 atom stereocenters. The van der Waals surface area contributed by atoms with Gasteiger partial charge in [-0.3, -0.25) is 14.9 Å². The fourth-order valence-corrected chi connectivity index (χ4v) is 2.11. The van der Waals surface area contributed by atoms with Crippen LogP contribution in [0.25, 0.3) is 0 Å². The van der Waals surface area contributed by atoms with E-state index in [2.05, 4.69) is 4.74 Å². The van der Waals surface area contributed by atoms with Gasteiger partial charge in [0.1, 0.15) is 11.6 Å². The summed E-state index contributed by atoms with van der Waals surface area (Å²) in [6.07, 6.45) is 0. The third kappa shape index (κ3) is 2.55. The van der Waals surface area contributed by atoms with Crippen molar-refractivity contribution in [1.29, 1.82) is 0 Å². The van der Waals surface area contributed by atoms with Crippen LogP contribution in [0.1, 0.15) is 18.5 Å². The maximum atomic E-state index is 11.9. The number of nitro groups is 1. The lowest BCUT2D eigenvalue weighted by molar-refractivity contribution is -0.384. The molecule has 1 amide bonds. The molecule has 1 aromatic carbocycles. The van der Waals surface area contributed by atoms with Gasteiger partial charge in [0.2, 0.25) is 5.88 Å². The number of hydrogen-bond donors (Lipinski definition) is 1. The Morgan fingerprint density at radius 3 is 2.41 bits per heavy atom. The summed E-state index contributed by atoms with van der Waals surface area (Å²) in [5, 5.41) is 11.6. The van der Waals surface area contributed by atoms with Crippen molar-refractivity contribution >= 4 is 17.6 Å². The van der Waals surface area contributed by atoms with E-state index in [-0.39, 0.29) is 17.1 Å². The molecule has 0 saturated carbocycles. The second-order valence-electron chi connectivity index (χ2n) is 4.46. The van der Waals surface area contributed by atoms with Gasteiger partial charge in [-0.1, -0.05) is 0 Å². The zero-order valence-electron chi connectivity index (χ0n) is 11.8. The Morgan fingerprint density at radius 1 is 1.36 bits per heavy atom. The molecule has 1 aliphatic heterocycles. The van der Waals surface area contributed by atoms with Gasteiger partial charge in [-0.25, -0.2) is 4.79 Å². The largest absolute Gasteiger partial charge is 0.465 e. The SMILES string of the molecule is COC(=O)C1=C(N)ON(C(C)=O)C1c1ccc([N+](=O)[O-])cc1. The van der Waals surface area contributed by atoms with E-state index in [1.807, 2.05) is 0 Å². The summed E-state index contributed by atoms with van der Waals surface area (Å²) in [5.74, 6) is -1.47. The second kappa shape index (κ2) is 5.72. The van der Waals surface area contributed by atoms with Crippen molar-refractivity contribution in [3.63, 3.8) is 0 Å². The van der Waals surface area contributed by atoms with Gasteiger partial charge >= 0.3 is 5.97 Å². The number of carbonyl (C=O) groups excluding carboxylic acids is 2. The van der Waals surface area contributed by atoms with Gasteiger partial charge in [-0.05, 0) is 17.7 Å². The summed E-state index contributed by atoms with van der Waals surface area (Å²) in [6, 6.07) is 4.44. The second-order valence-corrected chi connectivity index (χ2v) is 4.46. The molecule has 1 aliphatic rings. The first-order valence-corrected chi connectivity index (χ1v) is 6.17. The number of methoxy groups -OCH3 is 1. The molecule has 0 aromatic heterocycles. The molecule has 2 N–H and O–H groups in total. The highest BCUT2D eigenvalue weighted by Gasteiger charge is 2.41. The molecule has 9 nitrogen and oxygen atoms in total. The van der Waals surface area contributed by atoms with E-state index in [4.69, 9.17) is 10.6 Å². The van der Waals surface area contributed by atoms with Crippen molar-refractivity contribution in [2.75, 3.05) is 7.11 Å². The lowest BCUT2D eigenvalue weighted by atomic mass is 9.99. The molecule has 2 rings (SSSR count). The average Bonchev–Trinajstić information content (AvgIpc) is 2.84. The van der Waals surface area contributed by atoms with Gasteiger partial charge in [0, 0.05) is 19.1 Å². The van der Waals surface area contributed by atoms with Gasteiger partial charge in [0.05, 0.1) is 12.0 Å². The first-order chi connectivity index (χ1) is 10.4. The summed E-state index contributed by atoms with van der Waals surface area (Å²) in [6.45, 7) is 1.24. The maximum absolute atomic E-state index is 11.9. The molecule has 1 unspecified atom stereocenters. The minimum atomic E-state index is -0.925. The van der Waals surface area contributed by atoms with Crippen LogP contribution in [-0.4, -0.2) is 29.0 Å². The van der Waals surface area contributed by atoms with Crippen LogP contribution in [0.2, 0.25) is 0 Å². The van der Waals surface area contributed by atoms with E-state index >= 15 is 0 Å². The average molecular weight is 307 g/mol. The Balaban J connectivity index is 2.48. The highest BCUT2D eigenvalue weighted by molar-refractivity contribution is 5.92. The highest BCUT2D eigenvalue weighted by Crippen LogP contribution is 2.37. The molecule has 0 radical (unpaired) electrons. The number of hydroxylamine groups is 2. The van der Waals surface area contributed by atoms with Crippen LogP contribution in [0.15, 0.2) is 35.7 Å². The summed E-state index contributed by atoms with van der Waals surface area (Å²) in [7, 11) is 1.17. The van der Waals surface area contributed by atoms with Gasteiger partial charge in [0.15, 0.2) is 0 Å². The summed E-state index contributed by atoms with van der Waals surface area (Å²) in [4.78, 5) is 38.8. The topological polar surface area (TPSA) is 125 Å². The minimum Gasteiger partial charge on any atom is -0.465 e. The van der Waals surface area contributed by atoms with Gasteiger partial charge < -0.3 is 15.3 Å². The van der Waals surface area contributed by atoms with Crippen LogP contribution in [0.5, 0.6) is 0 Å². The fourth-order valence-electron chi connectivity index (χ4n) is 2.11. The Bertz CT molecular complexity index is 667. The first-order valence-electron chi connectivity index (χ1n) is 6.17. The molecule has 1 aromatic rings. The molecular weight excluding hydrogens is 294 g/mol. The number of benzene rings is 1. The van der Waals surface area contributed by atoms with E-state index in [1.54, 1.807) is 0 Å². The number of esters is 1. The Labute approximate surface area is 125 Å². The van der Waals surface area contributed by atoms with Crippen molar-refractivity contribution in [1.82, 2.24) is 5.06 Å². The number of rotatable bonds is 3. The molecule has 0 aliphatic carbocycles. The number of nitro benzene ring substituents is 1. The van der Waals surface area contributed by atoms with E-state index in [0.29, 0.717) is 5.56 Å². The summed E-state index contributed by atoms with van der Waals surface area (Å²) in [5.41, 5.74) is 5.92. The van der Waals surface area contributed by atoms with Gasteiger partial charge in [0.25, 0.3) is 11.6 Å². The van der Waals surface area contributed by atoms with Gasteiger partial charge in [-0.2, -0.15) is 5.06 Å². The Kier molecular flexibility index (Phi) is 3.97. The number of nitrogens with zero attached hydrogens (tertiary/aromatic N) is 2. The number of hydrogen-bond acceptors (Lipinski definition) is 7. The van der Waals surface area contributed by atoms with Crippen LogP contribution in [0.3, 0.4) is 0 Å². The third-order valence-electron chi connectivity index (χ3n) is 3.11. The smallest absolute Gasteiger partial charge is 0.341 e. The lowest BCUT2D eigenvalue weighted by Gasteiger charge is -2.22. The summed E-state index contributed by atoms with van der Waals surface area (Å²) < 4.78 is 4.64. The van der Waals surface area contributed by atoms with Crippen LogP contribution in [0, 0.1) is 10.1 Å². The zero-order chi connectivity index (χ0) is 16.4. The van der Waals surface area contributed by atoms with E-state index in [1.165, 1.54) is 38.3 Å². The van der Waals surface area contributed by atoms with E-state index < -0.39 is 22.8 Å². The van der Waals surface area contributed by atoms with Crippen LogP contribution >= 0.6 is 0 Å².